The third kappa shape index (κ3) is 10.8. The minimum absolute atomic E-state index is 0.00161. The van der Waals surface area contributed by atoms with Gasteiger partial charge in [-0.05, 0) is 55.5 Å². The van der Waals surface area contributed by atoms with E-state index >= 15 is 0 Å². The van der Waals surface area contributed by atoms with Crippen molar-refractivity contribution in [2.45, 2.75) is 31.9 Å². The van der Waals surface area contributed by atoms with Crippen molar-refractivity contribution in [1.82, 2.24) is 10.2 Å². The lowest BCUT2D eigenvalue weighted by Crippen LogP contribution is -2.45. The molecule has 0 radical (unpaired) electrons. The van der Waals surface area contributed by atoms with Gasteiger partial charge in [0.15, 0.2) is 0 Å². The molecule has 0 bridgehead atoms. The molecule has 1 aliphatic rings. The summed E-state index contributed by atoms with van der Waals surface area (Å²) >= 11 is 0. The number of aryl methyl sites for hydroxylation is 1. The molecule has 9 nitrogen and oxygen atoms in total. The Kier molecular flexibility index (Phi) is 11.1. The summed E-state index contributed by atoms with van der Waals surface area (Å²) in [4.78, 5) is 36.0. The fraction of sp³-hybridized carbons (Fsp3) is 0.400. The molecule has 0 aromatic heterocycles. The molecule has 38 heavy (non-hydrogen) atoms. The van der Waals surface area contributed by atoms with Gasteiger partial charge in [0, 0.05) is 30.9 Å². The van der Waals surface area contributed by atoms with Gasteiger partial charge in [0.25, 0.3) is 5.91 Å². The molecule has 0 aliphatic carbocycles. The zero-order valence-electron chi connectivity index (χ0n) is 20.7. The van der Waals surface area contributed by atoms with E-state index in [1.165, 1.54) is 5.56 Å². The van der Waals surface area contributed by atoms with E-state index < -0.39 is 22.2 Å². The smallest absolute Gasteiger partial charge is 0.475 e. The van der Waals surface area contributed by atoms with E-state index in [1.54, 1.807) is 29.2 Å². The number of sulfonamides is 1. The molecule has 1 atom stereocenters. The summed E-state index contributed by atoms with van der Waals surface area (Å²) in [5, 5.41) is 10.1. The standard InChI is InChI=1S/C23H29N3O4S.C2HF3O2/c1-31(29,30)25-21-13-11-19(12-14-21)23(28)26-16-6-10-20(17-26)22(27)24-15-5-9-18-7-3-2-4-8-18;3-2(4,5)1(6)7/h2-4,7-8,11-14,20,25H,5-6,9-10,15-17H2,1H3,(H,24,27);(H,6,7). The highest BCUT2D eigenvalue weighted by Gasteiger charge is 2.38. The molecule has 0 spiro atoms. The van der Waals surface area contributed by atoms with Crippen molar-refractivity contribution >= 4 is 33.5 Å². The summed E-state index contributed by atoms with van der Waals surface area (Å²) < 4.78 is 56.7. The largest absolute Gasteiger partial charge is 0.490 e. The second kappa shape index (κ2) is 13.8. The number of hydrogen-bond acceptors (Lipinski definition) is 5. The summed E-state index contributed by atoms with van der Waals surface area (Å²) in [5.74, 6) is -3.11. The monoisotopic (exact) mass is 557 g/mol. The Bertz CT molecular complexity index is 1190. The third-order valence-corrected chi connectivity index (χ3v) is 6.15. The number of alkyl halides is 3. The van der Waals surface area contributed by atoms with Crippen LogP contribution in [0.15, 0.2) is 54.6 Å². The number of carboxylic acid groups (broad SMARTS) is 1. The molecule has 1 saturated heterocycles. The maximum absolute atomic E-state index is 12.8. The van der Waals surface area contributed by atoms with Crippen LogP contribution in [0, 0.1) is 5.92 Å². The first kappa shape index (κ1) is 30.6. The number of hydrogen-bond donors (Lipinski definition) is 3. The second-order valence-corrected chi connectivity index (χ2v) is 10.5. The van der Waals surface area contributed by atoms with E-state index in [1.807, 2.05) is 18.2 Å². The van der Waals surface area contributed by atoms with Crippen LogP contribution in [0.2, 0.25) is 0 Å². The number of carbonyl (C=O) groups is 3. The van der Waals surface area contributed by atoms with E-state index in [0.29, 0.717) is 30.9 Å². The van der Waals surface area contributed by atoms with Crippen molar-refractivity contribution in [2.24, 2.45) is 5.92 Å². The molecule has 2 aromatic carbocycles. The minimum Gasteiger partial charge on any atom is -0.475 e. The number of anilines is 1. The van der Waals surface area contributed by atoms with Crippen LogP contribution in [0.4, 0.5) is 18.9 Å². The third-order valence-electron chi connectivity index (χ3n) is 5.54. The molecule has 0 saturated carbocycles. The normalized spacial score (nSPS) is 15.6. The molecule has 13 heteroatoms. The maximum atomic E-state index is 12.8. The Hall–Kier alpha value is -3.61. The number of aliphatic carboxylic acids is 1. The van der Waals surface area contributed by atoms with Crippen molar-refractivity contribution in [3.63, 3.8) is 0 Å². The van der Waals surface area contributed by atoms with Crippen LogP contribution in [-0.4, -0.2) is 68.3 Å². The van der Waals surface area contributed by atoms with Gasteiger partial charge in [0.05, 0.1) is 12.2 Å². The van der Waals surface area contributed by atoms with Gasteiger partial charge in [-0.15, -0.1) is 0 Å². The lowest BCUT2D eigenvalue weighted by Gasteiger charge is -2.32. The molecule has 3 rings (SSSR count). The van der Waals surface area contributed by atoms with Crippen molar-refractivity contribution in [2.75, 3.05) is 30.6 Å². The van der Waals surface area contributed by atoms with Crippen molar-refractivity contribution in [1.29, 1.82) is 0 Å². The van der Waals surface area contributed by atoms with Crippen LogP contribution < -0.4 is 10.0 Å². The Balaban J connectivity index is 0.000000638. The van der Waals surface area contributed by atoms with Crippen molar-refractivity contribution in [3.8, 4) is 0 Å². The highest BCUT2D eigenvalue weighted by atomic mass is 32.2. The number of likely N-dealkylation sites (tertiary alicyclic amines) is 1. The number of rotatable bonds is 8. The van der Waals surface area contributed by atoms with Gasteiger partial charge in [-0.1, -0.05) is 30.3 Å². The molecule has 2 aromatic rings. The average molecular weight is 558 g/mol. The molecule has 1 heterocycles. The van der Waals surface area contributed by atoms with E-state index in [0.717, 1.165) is 31.9 Å². The first-order valence-corrected chi connectivity index (χ1v) is 13.6. The molecule has 3 N–H and O–H groups in total. The van der Waals surface area contributed by atoms with Gasteiger partial charge in [0.2, 0.25) is 15.9 Å². The van der Waals surface area contributed by atoms with E-state index in [9.17, 15) is 31.2 Å². The van der Waals surface area contributed by atoms with Gasteiger partial charge >= 0.3 is 12.1 Å². The number of piperidine rings is 1. The van der Waals surface area contributed by atoms with Crippen LogP contribution in [-0.2, 0) is 26.0 Å². The van der Waals surface area contributed by atoms with Gasteiger partial charge in [-0.25, -0.2) is 13.2 Å². The van der Waals surface area contributed by atoms with Gasteiger partial charge < -0.3 is 15.3 Å². The molecule has 1 unspecified atom stereocenters. The second-order valence-electron chi connectivity index (χ2n) is 8.72. The topological polar surface area (TPSA) is 133 Å². The summed E-state index contributed by atoms with van der Waals surface area (Å²) in [6.07, 6.45) is -0.667. The highest BCUT2D eigenvalue weighted by Crippen LogP contribution is 2.20. The summed E-state index contributed by atoms with van der Waals surface area (Å²) in [5.41, 5.74) is 2.14. The van der Waals surface area contributed by atoms with E-state index in [4.69, 9.17) is 9.90 Å². The Morgan fingerprint density at radius 3 is 2.21 bits per heavy atom. The average Bonchev–Trinajstić information content (AvgIpc) is 2.86. The van der Waals surface area contributed by atoms with Crippen LogP contribution in [0.3, 0.4) is 0 Å². The minimum atomic E-state index is -5.08. The van der Waals surface area contributed by atoms with E-state index in [2.05, 4.69) is 22.2 Å². The number of nitrogens with zero attached hydrogens (tertiary/aromatic N) is 1. The lowest BCUT2D eigenvalue weighted by molar-refractivity contribution is -0.192. The molecular weight excluding hydrogens is 527 g/mol. The summed E-state index contributed by atoms with van der Waals surface area (Å²) in [6, 6.07) is 16.5. The van der Waals surface area contributed by atoms with Crippen LogP contribution >= 0.6 is 0 Å². The zero-order chi connectivity index (χ0) is 28.3. The number of carboxylic acids is 1. The lowest BCUT2D eigenvalue weighted by atomic mass is 9.96. The SMILES string of the molecule is CS(=O)(=O)Nc1ccc(C(=O)N2CCCC(C(=O)NCCCc3ccccc3)C2)cc1.O=C(O)C(F)(F)F. The summed E-state index contributed by atoms with van der Waals surface area (Å²) in [7, 11) is -3.36. The first-order valence-electron chi connectivity index (χ1n) is 11.7. The molecule has 1 aliphatic heterocycles. The number of amides is 2. The first-order chi connectivity index (χ1) is 17.8. The van der Waals surface area contributed by atoms with Gasteiger partial charge in [0.1, 0.15) is 0 Å². The predicted octanol–water partition coefficient (Wildman–Crippen LogP) is 3.29. The number of halogens is 3. The number of benzene rings is 2. The fourth-order valence-corrected chi connectivity index (χ4v) is 4.31. The van der Waals surface area contributed by atoms with Crippen LogP contribution in [0.5, 0.6) is 0 Å². The van der Waals surface area contributed by atoms with Crippen LogP contribution in [0.1, 0.15) is 35.2 Å². The van der Waals surface area contributed by atoms with Crippen molar-refractivity contribution < 1.29 is 41.1 Å². The summed E-state index contributed by atoms with van der Waals surface area (Å²) in [6.45, 7) is 1.62. The van der Waals surface area contributed by atoms with Gasteiger partial charge in [-0.3, -0.25) is 14.3 Å². The maximum Gasteiger partial charge on any atom is 0.490 e. The number of carbonyl (C=O) groups excluding carboxylic acids is 2. The Morgan fingerprint density at radius 2 is 1.66 bits per heavy atom. The quantitative estimate of drug-likeness (QED) is 0.427. The van der Waals surface area contributed by atoms with Gasteiger partial charge in [-0.2, -0.15) is 13.2 Å². The Morgan fingerprint density at radius 1 is 1.05 bits per heavy atom. The molecular formula is C25H30F3N3O6S. The molecule has 1 fully saturated rings. The number of nitrogens with one attached hydrogen (secondary N) is 2. The highest BCUT2D eigenvalue weighted by molar-refractivity contribution is 7.92. The molecule has 2 amide bonds. The van der Waals surface area contributed by atoms with E-state index in [-0.39, 0.29) is 17.7 Å². The molecule has 208 valence electrons. The zero-order valence-corrected chi connectivity index (χ0v) is 21.5. The fourth-order valence-electron chi connectivity index (χ4n) is 3.75. The Labute approximate surface area is 219 Å². The van der Waals surface area contributed by atoms with Crippen LogP contribution in [0.25, 0.3) is 0 Å². The van der Waals surface area contributed by atoms with Crippen molar-refractivity contribution in [3.05, 3.63) is 65.7 Å². The predicted molar refractivity (Wildman–Crippen MR) is 135 cm³/mol.